The van der Waals surface area contributed by atoms with E-state index in [4.69, 9.17) is 4.52 Å². The highest BCUT2D eigenvalue weighted by Gasteiger charge is 2.27. The molecule has 0 N–H and O–H groups in total. The number of rotatable bonds is 5. The van der Waals surface area contributed by atoms with E-state index in [1.165, 1.54) is 11.1 Å². The Kier molecular flexibility index (Phi) is 5.48. The van der Waals surface area contributed by atoms with Gasteiger partial charge in [0.05, 0.1) is 12.5 Å². The molecule has 0 bridgehead atoms. The van der Waals surface area contributed by atoms with E-state index in [2.05, 4.69) is 34.1 Å². The highest BCUT2D eigenvalue weighted by molar-refractivity contribution is 5.78. The smallest absolute Gasteiger partial charge is 0.236 e. The maximum atomic E-state index is 12.6. The molecule has 1 fully saturated rings. The minimum absolute atomic E-state index is 0.144. The summed E-state index contributed by atoms with van der Waals surface area (Å²) in [7, 11) is 1.87. The molecule has 1 aliphatic heterocycles. The standard InChI is InChI=1S/C19H26N4O2/c1-14-7-4-5-8-16(14)11-22(3)18(24)13-23-10-6-9-17(12-23)19-20-15(2)21-25-19/h4-5,7-8,17H,6,9-13H2,1-3H3. The van der Waals surface area contributed by atoms with Crippen LogP contribution in [0.4, 0.5) is 0 Å². The Labute approximate surface area is 148 Å². The normalized spacial score (nSPS) is 18.3. The van der Waals surface area contributed by atoms with Gasteiger partial charge in [0, 0.05) is 20.1 Å². The van der Waals surface area contributed by atoms with Crippen molar-refractivity contribution in [3.8, 4) is 0 Å². The van der Waals surface area contributed by atoms with Crippen molar-refractivity contribution in [2.24, 2.45) is 0 Å². The molecular formula is C19H26N4O2. The van der Waals surface area contributed by atoms with Gasteiger partial charge in [-0.25, -0.2) is 0 Å². The summed E-state index contributed by atoms with van der Waals surface area (Å²) < 4.78 is 5.31. The van der Waals surface area contributed by atoms with Gasteiger partial charge in [0.2, 0.25) is 11.8 Å². The van der Waals surface area contributed by atoms with Gasteiger partial charge in [-0.15, -0.1) is 0 Å². The third-order valence-corrected chi connectivity index (χ3v) is 4.85. The van der Waals surface area contributed by atoms with E-state index in [0.717, 1.165) is 25.9 Å². The summed E-state index contributed by atoms with van der Waals surface area (Å²) in [5.74, 6) is 1.74. The van der Waals surface area contributed by atoms with Crippen LogP contribution in [-0.4, -0.2) is 52.5 Å². The molecule has 6 nitrogen and oxygen atoms in total. The molecule has 0 radical (unpaired) electrons. The fourth-order valence-electron chi connectivity index (χ4n) is 3.32. The van der Waals surface area contributed by atoms with Crippen molar-refractivity contribution < 1.29 is 9.32 Å². The molecule has 1 saturated heterocycles. The van der Waals surface area contributed by atoms with Crippen molar-refractivity contribution in [2.45, 2.75) is 39.2 Å². The van der Waals surface area contributed by atoms with E-state index in [0.29, 0.717) is 24.8 Å². The Balaban J connectivity index is 1.55. The Morgan fingerprint density at radius 2 is 2.16 bits per heavy atom. The zero-order valence-corrected chi connectivity index (χ0v) is 15.2. The van der Waals surface area contributed by atoms with Crippen molar-refractivity contribution in [3.05, 3.63) is 47.1 Å². The first-order chi connectivity index (χ1) is 12.0. The van der Waals surface area contributed by atoms with Crippen LogP contribution in [0.1, 0.15) is 41.6 Å². The molecular weight excluding hydrogens is 316 g/mol. The van der Waals surface area contributed by atoms with Crippen molar-refractivity contribution in [1.82, 2.24) is 19.9 Å². The number of aryl methyl sites for hydroxylation is 2. The molecule has 0 spiro atoms. The second-order valence-corrected chi connectivity index (χ2v) is 6.93. The number of likely N-dealkylation sites (N-methyl/N-ethyl adjacent to an activating group) is 1. The van der Waals surface area contributed by atoms with Crippen molar-refractivity contribution in [2.75, 3.05) is 26.7 Å². The third kappa shape index (κ3) is 4.45. The molecule has 0 aliphatic carbocycles. The van der Waals surface area contributed by atoms with Crippen molar-refractivity contribution in [3.63, 3.8) is 0 Å². The zero-order chi connectivity index (χ0) is 17.8. The summed E-state index contributed by atoms with van der Waals surface area (Å²) in [5.41, 5.74) is 2.41. The first-order valence-electron chi connectivity index (χ1n) is 8.84. The van der Waals surface area contributed by atoms with Gasteiger partial charge in [-0.1, -0.05) is 29.4 Å². The van der Waals surface area contributed by atoms with Gasteiger partial charge in [0.1, 0.15) is 0 Å². The largest absolute Gasteiger partial charge is 0.340 e. The lowest BCUT2D eigenvalue weighted by molar-refractivity contribution is -0.132. The molecule has 1 aromatic carbocycles. The topological polar surface area (TPSA) is 62.5 Å². The molecule has 25 heavy (non-hydrogen) atoms. The summed E-state index contributed by atoms with van der Waals surface area (Å²) in [6.45, 7) is 6.73. The lowest BCUT2D eigenvalue weighted by atomic mass is 9.98. The fourth-order valence-corrected chi connectivity index (χ4v) is 3.32. The lowest BCUT2D eigenvalue weighted by Crippen LogP contribution is -2.42. The van der Waals surface area contributed by atoms with Crippen LogP contribution in [0.5, 0.6) is 0 Å². The maximum Gasteiger partial charge on any atom is 0.236 e. The van der Waals surface area contributed by atoms with E-state index < -0.39 is 0 Å². The second kappa shape index (κ2) is 7.78. The van der Waals surface area contributed by atoms with Crippen LogP contribution >= 0.6 is 0 Å². The molecule has 1 aliphatic rings. The summed E-state index contributed by atoms with van der Waals surface area (Å²) in [6, 6.07) is 8.19. The fraction of sp³-hybridized carbons (Fsp3) is 0.526. The van der Waals surface area contributed by atoms with Gasteiger partial charge in [0.25, 0.3) is 0 Å². The Bertz CT molecular complexity index is 728. The second-order valence-electron chi connectivity index (χ2n) is 6.93. The Morgan fingerprint density at radius 1 is 1.36 bits per heavy atom. The number of benzene rings is 1. The number of hydrogen-bond donors (Lipinski definition) is 0. The van der Waals surface area contributed by atoms with Crippen LogP contribution in [0.2, 0.25) is 0 Å². The van der Waals surface area contributed by atoms with Crippen LogP contribution in [-0.2, 0) is 11.3 Å². The quantitative estimate of drug-likeness (QED) is 0.835. The number of carbonyl (C=O) groups excluding carboxylic acids is 1. The molecule has 3 rings (SSSR count). The molecule has 2 heterocycles. The number of likely N-dealkylation sites (tertiary alicyclic amines) is 1. The van der Waals surface area contributed by atoms with Crippen LogP contribution in [0, 0.1) is 13.8 Å². The van der Waals surface area contributed by atoms with Gasteiger partial charge in [-0.2, -0.15) is 4.98 Å². The molecule has 1 unspecified atom stereocenters. The Morgan fingerprint density at radius 3 is 2.88 bits per heavy atom. The minimum atomic E-state index is 0.144. The summed E-state index contributed by atoms with van der Waals surface area (Å²) in [5, 5.41) is 3.88. The highest BCUT2D eigenvalue weighted by atomic mass is 16.5. The van der Waals surface area contributed by atoms with Crippen molar-refractivity contribution >= 4 is 5.91 Å². The predicted octanol–water partition coefficient (Wildman–Crippen LogP) is 2.52. The monoisotopic (exact) mass is 342 g/mol. The number of amides is 1. The van der Waals surface area contributed by atoms with E-state index in [9.17, 15) is 4.79 Å². The SMILES string of the molecule is Cc1noc(C2CCCN(CC(=O)N(C)Cc3ccccc3C)C2)n1. The van der Waals surface area contributed by atoms with Crippen LogP contribution < -0.4 is 0 Å². The van der Waals surface area contributed by atoms with Gasteiger partial charge in [0.15, 0.2) is 5.82 Å². The lowest BCUT2D eigenvalue weighted by Gasteiger charge is -2.31. The summed E-state index contributed by atoms with van der Waals surface area (Å²) >= 11 is 0. The van der Waals surface area contributed by atoms with E-state index in [1.54, 1.807) is 0 Å². The summed E-state index contributed by atoms with van der Waals surface area (Å²) in [6.07, 6.45) is 2.08. The third-order valence-electron chi connectivity index (χ3n) is 4.85. The van der Waals surface area contributed by atoms with Gasteiger partial charge in [-0.05, 0) is 44.4 Å². The van der Waals surface area contributed by atoms with Crippen LogP contribution in [0.15, 0.2) is 28.8 Å². The molecule has 134 valence electrons. The first kappa shape index (κ1) is 17.6. The predicted molar refractivity (Wildman–Crippen MR) is 95.1 cm³/mol. The number of piperidine rings is 1. The van der Waals surface area contributed by atoms with E-state index in [-0.39, 0.29) is 11.8 Å². The van der Waals surface area contributed by atoms with Crippen LogP contribution in [0.25, 0.3) is 0 Å². The Hall–Kier alpha value is -2.21. The maximum absolute atomic E-state index is 12.6. The van der Waals surface area contributed by atoms with Gasteiger partial charge >= 0.3 is 0 Å². The number of carbonyl (C=O) groups is 1. The zero-order valence-electron chi connectivity index (χ0n) is 15.2. The average Bonchev–Trinajstić information content (AvgIpc) is 3.03. The molecule has 0 saturated carbocycles. The molecule has 2 aromatic rings. The van der Waals surface area contributed by atoms with Gasteiger partial charge < -0.3 is 9.42 Å². The van der Waals surface area contributed by atoms with Gasteiger partial charge in [-0.3, -0.25) is 9.69 Å². The molecule has 1 aromatic heterocycles. The van der Waals surface area contributed by atoms with Crippen molar-refractivity contribution in [1.29, 1.82) is 0 Å². The molecule has 1 amide bonds. The number of aromatic nitrogens is 2. The number of hydrogen-bond acceptors (Lipinski definition) is 5. The van der Waals surface area contributed by atoms with E-state index >= 15 is 0 Å². The average molecular weight is 342 g/mol. The first-order valence-corrected chi connectivity index (χ1v) is 8.84. The molecule has 1 atom stereocenters. The summed E-state index contributed by atoms with van der Waals surface area (Å²) in [4.78, 5) is 21.0. The molecule has 6 heteroatoms. The minimum Gasteiger partial charge on any atom is -0.340 e. The van der Waals surface area contributed by atoms with Crippen LogP contribution in [0.3, 0.4) is 0 Å². The number of nitrogens with zero attached hydrogens (tertiary/aromatic N) is 4. The van der Waals surface area contributed by atoms with E-state index in [1.807, 2.05) is 31.0 Å². The highest BCUT2D eigenvalue weighted by Crippen LogP contribution is 2.25.